The van der Waals surface area contributed by atoms with Crippen LogP contribution in [0, 0.1) is 11.8 Å². The molecule has 5 rings (SSSR count). The molecule has 4 aromatic carbocycles. The Balaban J connectivity index is 1.36. The molecule has 1 aliphatic rings. The number of ketones is 3. The standard InChI is InChI=1S/C51H61N3O9/c1-6-10-33-14-17-35(18-15-33)36-19-21-37(22-20-36)44(56)13-9-12-40(55)30-39(11-7-8-26-52)50(59)54(3)48-38-23-25-47(63-5)42(31-38)41-28-34(16-24-46(41)62-4)29-43(51(60)61)53-49(58)32(2)27-45(48)57/h14-25,28,31-32,39,43,48H,6-13,26-27,29-30,52H2,1-5H3,(H,53,58)(H,60,61)/t32-,39?,43+,48+/m1/s1. The predicted octanol–water partition coefficient (Wildman–Crippen LogP) is 7.97. The number of aliphatic carboxylic acids is 1. The summed E-state index contributed by atoms with van der Waals surface area (Å²) < 4.78 is 11.5. The van der Waals surface area contributed by atoms with Crippen molar-refractivity contribution < 1.29 is 43.3 Å². The molecule has 4 N–H and O–H groups in total. The van der Waals surface area contributed by atoms with Crippen LogP contribution in [0.4, 0.5) is 0 Å². The number of amides is 2. The first-order valence-electron chi connectivity index (χ1n) is 21.9. The second-order valence-corrected chi connectivity index (χ2v) is 16.5. The Kier molecular flexibility index (Phi) is 17.3. The molecule has 0 radical (unpaired) electrons. The zero-order valence-electron chi connectivity index (χ0n) is 37.1. The number of carboxylic acids is 1. The van der Waals surface area contributed by atoms with Crippen LogP contribution in [0.2, 0.25) is 0 Å². The molecular weight excluding hydrogens is 799 g/mol. The minimum Gasteiger partial charge on any atom is -0.496 e. The molecule has 0 saturated carbocycles. The lowest BCUT2D eigenvalue weighted by molar-refractivity contribution is -0.144. The van der Waals surface area contributed by atoms with Crippen LogP contribution in [0.25, 0.3) is 22.3 Å². The summed E-state index contributed by atoms with van der Waals surface area (Å²) in [7, 11) is 4.54. The van der Waals surface area contributed by atoms with Crippen LogP contribution in [0.15, 0.2) is 84.9 Å². The molecule has 4 atom stereocenters. The highest BCUT2D eigenvalue weighted by atomic mass is 16.5. The van der Waals surface area contributed by atoms with E-state index in [0.717, 1.165) is 24.0 Å². The van der Waals surface area contributed by atoms with Crippen LogP contribution in [0.3, 0.4) is 0 Å². The Bertz CT molecular complexity index is 2250. The number of fused-ring (bicyclic) bond motifs is 5. The van der Waals surface area contributed by atoms with Gasteiger partial charge in [-0.05, 0) is 84.3 Å². The SMILES string of the molecule is CCCc1ccc(-c2ccc(C(=O)CCCC(=O)CC(CCCCN)C(=O)N(C)[C@@H]3C(=O)C[C@@H](C)C(=O)N[C@H](C(=O)O)Cc4ccc(OC)c(c4)-c4cc3ccc4OC)cc2)cc1. The lowest BCUT2D eigenvalue weighted by Gasteiger charge is -2.32. The number of hydrogen-bond acceptors (Lipinski definition) is 9. The van der Waals surface area contributed by atoms with Gasteiger partial charge in [0.2, 0.25) is 11.8 Å². The van der Waals surface area contributed by atoms with E-state index in [0.29, 0.717) is 71.5 Å². The van der Waals surface area contributed by atoms with Gasteiger partial charge in [0.05, 0.1) is 14.2 Å². The zero-order valence-corrected chi connectivity index (χ0v) is 37.1. The molecule has 1 unspecified atom stereocenters. The van der Waals surface area contributed by atoms with Crippen molar-refractivity contribution in [3.8, 4) is 33.8 Å². The summed E-state index contributed by atoms with van der Waals surface area (Å²) >= 11 is 0. The van der Waals surface area contributed by atoms with Gasteiger partial charge in [0.15, 0.2) is 11.6 Å². The smallest absolute Gasteiger partial charge is 0.326 e. The molecule has 1 heterocycles. The van der Waals surface area contributed by atoms with E-state index in [9.17, 15) is 33.9 Å². The predicted molar refractivity (Wildman–Crippen MR) is 243 cm³/mol. The van der Waals surface area contributed by atoms with Crippen LogP contribution in [-0.4, -0.2) is 79.0 Å². The molecule has 0 saturated heterocycles. The first-order valence-corrected chi connectivity index (χ1v) is 21.9. The number of carbonyl (C=O) groups excluding carboxylic acids is 5. The summed E-state index contributed by atoms with van der Waals surface area (Å²) in [5, 5.41) is 12.6. The van der Waals surface area contributed by atoms with Crippen LogP contribution >= 0.6 is 0 Å². The number of hydrogen-bond donors (Lipinski definition) is 3. The molecule has 1 aliphatic heterocycles. The maximum absolute atomic E-state index is 14.6. The van der Waals surface area contributed by atoms with Crippen molar-refractivity contribution in [3.05, 3.63) is 107 Å². The zero-order chi connectivity index (χ0) is 45.6. The molecule has 12 heteroatoms. The third-order valence-electron chi connectivity index (χ3n) is 11.9. The fraction of sp³-hybridized carbons (Fsp3) is 0.412. The molecule has 4 bridgehead atoms. The lowest BCUT2D eigenvalue weighted by atomic mass is 9.88. The van der Waals surface area contributed by atoms with Crippen molar-refractivity contribution in [2.75, 3.05) is 27.8 Å². The normalized spacial score (nSPS) is 16.9. The van der Waals surface area contributed by atoms with Gasteiger partial charge >= 0.3 is 5.97 Å². The Morgan fingerprint density at radius 3 is 2.08 bits per heavy atom. The molecular formula is C51H61N3O9. The average Bonchev–Trinajstić information content (AvgIpc) is 3.28. The summed E-state index contributed by atoms with van der Waals surface area (Å²) in [4.78, 5) is 82.9. The van der Waals surface area contributed by atoms with Gasteiger partial charge in [-0.15, -0.1) is 0 Å². The van der Waals surface area contributed by atoms with Gasteiger partial charge in [0.1, 0.15) is 29.4 Å². The van der Waals surface area contributed by atoms with Crippen molar-refractivity contribution in [1.82, 2.24) is 10.2 Å². The number of aryl methyl sites for hydroxylation is 1. The maximum atomic E-state index is 14.6. The number of nitrogens with two attached hydrogens (primary N) is 1. The third kappa shape index (κ3) is 12.5. The molecule has 63 heavy (non-hydrogen) atoms. The van der Waals surface area contributed by atoms with E-state index in [4.69, 9.17) is 15.2 Å². The van der Waals surface area contributed by atoms with Crippen LogP contribution in [0.1, 0.15) is 105 Å². The number of nitrogens with zero attached hydrogens (tertiary/aromatic N) is 1. The first-order chi connectivity index (χ1) is 30.3. The average molecular weight is 860 g/mol. The lowest BCUT2D eigenvalue weighted by Crippen LogP contribution is -2.45. The molecule has 2 amide bonds. The Morgan fingerprint density at radius 2 is 1.46 bits per heavy atom. The third-order valence-corrected chi connectivity index (χ3v) is 11.9. The van der Waals surface area contributed by atoms with Crippen molar-refractivity contribution in [2.45, 2.75) is 96.6 Å². The highest BCUT2D eigenvalue weighted by Gasteiger charge is 2.36. The van der Waals surface area contributed by atoms with Crippen molar-refractivity contribution >= 4 is 35.1 Å². The Hall–Kier alpha value is -6.14. The summed E-state index contributed by atoms with van der Waals surface area (Å²) in [6, 6.07) is 23.8. The van der Waals surface area contributed by atoms with Gasteiger partial charge in [-0.1, -0.05) is 87.4 Å². The van der Waals surface area contributed by atoms with E-state index in [1.165, 1.54) is 31.7 Å². The van der Waals surface area contributed by atoms with Gasteiger partial charge in [-0.3, -0.25) is 24.0 Å². The molecule has 0 aromatic heterocycles. The van der Waals surface area contributed by atoms with E-state index in [1.54, 1.807) is 43.3 Å². The number of rotatable bonds is 19. The molecule has 4 aromatic rings. The second kappa shape index (κ2) is 22.8. The number of ether oxygens (including phenoxy) is 2. The summed E-state index contributed by atoms with van der Waals surface area (Å²) in [6.07, 6.45) is 3.87. The molecule has 12 nitrogen and oxygen atoms in total. The van der Waals surface area contributed by atoms with Crippen molar-refractivity contribution in [1.29, 1.82) is 0 Å². The summed E-state index contributed by atoms with van der Waals surface area (Å²) in [5.41, 5.74) is 11.9. The van der Waals surface area contributed by atoms with Crippen molar-refractivity contribution in [3.63, 3.8) is 0 Å². The largest absolute Gasteiger partial charge is 0.496 e. The number of carboxylic acid groups (broad SMARTS) is 1. The Labute approximate surface area is 370 Å². The fourth-order valence-electron chi connectivity index (χ4n) is 8.31. The van der Waals surface area contributed by atoms with Gasteiger partial charge in [0, 0.05) is 67.7 Å². The van der Waals surface area contributed by atoms with Crippen molar-refractivity contribution in [2.24, 2.45) is 17.6 Å². The van der Waals surface area contributed by atoms with Gasteiger partial charge in [-0.25, -0.2) is 4.79 Å². The molecule has 0 aliphatic carbocycles. The summed E-state index contributed by atoms with van der Waals surface area (Å²) in [6.45, 7) is 4.10. The molecule has 0 fully saturated rings. The topological polar surface area (TPSA) is 182 Å². The van der Waals surface area contributed by atoms with Gasteiger partial charge in [-0.2, -0.15) is 0 Å². The van der Waals surface area contributed by atoms with E-state index < -0.39 is 47.5 Å². The van der Waals surface area contributed by atoms with Crippen LogP contribution in [0.5, 0.6) is 11.5 Å². The summed E-state index contributed by atoms with van der Waals surface area (Å²) in [5.74, 6) is -3.74. The van der Waals surface area contributed by atoms with E-state index >= 15 is 0 Å². The molecule has 0 spiro atoms. The second-order valence-electron chi connectivity index (χ2n) is 16.5. The number of likely N-dealkylation sites (N-methyl/N-ethyl adjacent to an activating group) is 1. The van der Waals surface area contributed by atoms with Gasteiger partial charge in [0.25, 0.3) is 0 Å². The number of nitrogens with one attached hydrogen (secondary N) is 1. The fourth-order valence-corrected chi connectivity index (χ4v) is 8.31. The maximum Gasteiger partial charge on any atom is 0.326 e. The number of carbonyl (C=O) groups is 6. The highest BCUT2D eigenvalue weighted by Crippen LogP contribution is 2.40. The number of Topliss-reactive ketones (excluding diaryl/α,β-unsaturated/α-hetero) is 3. The number of benzene rings is 4. The minimum atomic E-state index is -1.27. The van der Waals surface area contributed by atoms with E-state index in [2.05, 4.69) is 36.5 Å². The minimum absolute atomic E-state index is 0.0238. The monoisotopic (exact) mass is 859 g/mol. The number of unbranched alkanes of at least 4 members (excludes halogenated alkanes) is 1. The van der Waals surface area contributed by atoms with E-state index in [-0.39, 0.29) is 43.7 Å². The number of methoxy groups -OCH3 is 2. The van der Waals surface area contributed by atoms with E-state index in [1.807, 2.05) is 24.3 Å². The highest BCUT2D eigenvalue weighted by molar-refractivity contribution is 5.97. The van der Waals surface area contributed by atoms with Crippen LogP contribution in [-0.2, 0) is 36.8 Å². The van der Waals surface area contributed by atoms with Gasteiger partial charge < -0.3 is 30.5 Å². The quantitative estimate of drug-likeness (QED) is 0.0618. The van der Waals surface area contributed by atoms with Crippen LogP contribution < -0.4 is 20.5 Å². The Morgan fingerprint density at radius 1 is 0.825 bits per heavy atom. The molecule has 334 valence electrons. The first kappa shape index (κ1) is 47.9.